The molecule has 4 nitrogen and oxygen atoms in total. The van der Waals surface area contributed by atoms with E-state index in [4.69, 9.17) is 0 Å². The lowest BCUT2D eigenvalue weighted by molar-refractivity contribution is -0.128. The van der Waals surface area contributed by atoms with E-state index in [-0.39, 0.29) is 17.9 Å². The van der Waals surface area contributed by atoms with E-state index in [1.807, 2.05) is 43.3 Å². The van der Waals surface area contributed by atoms with Crippen molar-refractivity contribution in [1.82, 2.24) is 4.90 Å². The van der Waals surface area contributed by atoms with Crippen LogP contribution in [0.5, 0.6) is 0 Å². The topological polar surface area (TPSA) is 60.8 Å². The number of hydrogen-bond acceptors (Lipinski definition) is 3. The summed E-state index contributed by atoms with van der Waals surface area (Å²) in [7, 11) is 3.61. The summed E-state index contributed by atoms with van der Waals surface area (Å²) in [5.41, 5.74) is 3.50. The Kier molecular flexibility index (Phi) is 7.31. The Morgan fingerprint density at radius 3 is 2.83 bits per heavy atom. The van der Waals surface area contributed by atoms with Gasteiger partial charge in [0.15, 0.2) is 0 Å². The van der Waals surface area contributed by atoms with E-state index in [1.54, 1.807) is 19.0 Å². The molecule has 1 aromatic rings. The molecule has 1 amide bonds. The summed E-state index contributed by atoms with van der Waals surface area (Å²) in [5.74, 6) is 1.17. The number of carbonyl (C=O) groups is 1. The lowest BCUT2D eigenvalue weighted by atomic mass is 9.88. The average molecular weight is 398 g/mol. The number of fused-ring (bicyclic) bond motifs is 1. The number of carbonyl (C=O) groups excluding carboxylic acids is 1. The minimum absolute atomic E-state index is 0.100. The second-order valence-electron chi connectivity index (χ2n) is 8.98. The number of aliphatic hydroxyl groups is 2. The van der Waals surface area contributed by atoms with Crippen LogP contribution in [0.25, 0.3) is 0 Å². The third kappa shape index (κ3) is 5.58. The van der Waals surface area contributed by atoms with Gasteiger partial charge in [0, 0.05) is 26.4 Å². The van der Waals surface area contributed by atoms with Gasteiger partial charge < -0.3 is 15.1 Å². The van der Waals surface area contributed by atoms with Crippen molar-refractivity contribution in [3.63, 3.8) is 0 Å². The first kappa shape index (κ1) is 21.8. The average Bonchev–Trinajstić information content (AvgIpc) is 3.19. The molecule has 2 aliphatic carbocycles. The molecule has 0 spiro atoms. The van der Waals surface area contributed by atoms with Crippen molar-refractivity contribution < 1.29 is 15.0 Å². The standard InChI is InChI=1S/C25H35NO3/c1-17-7-6-9-19(13-17)23(27)12-11-21-22-15-18(14-20(22)16-24(21)28)8-4-5-10-25(29)26(2)3/h6-7,9,11-14,20-24,27-28H,4-5,8,10,15-16H2,1-3H3/t20-,21+,22-,23-,24+/m0/s1. The molecular weight excluding hydrogens is 362 g/mol. The van der Waals surface area contributed by atoms with Gasteiger partial charge in [0.2, 0.25) is 5.91 Å². The van der Waals surface area contributed by atoms with Crippen molar-refractivity contribution in [1.29, 1.82) is 0 Å². The monoisotopic (exact) mass is 397 g/mol. The number of unbranched alkanes of at least 4 members (excludes halogenated alkanes) is 1. The first-order valence-electron chi connectivity index (χ1n) is 10.9. The molecule has 0 heterocycles. The van der Waals surface area contributed by atoms with Gasteiger partial charge in [-0.3, -0.25) is 4.79 Å². The van der Waals surface area contributed by atoms with Crippen LogP contribution in [0.4, 0.5) is 0 Å². The van der Waals surface area contributed by atoms with Crippen LogP contribution in [0.15, 0.2) is 48.1 Å². The molecule has 29 heavy (non-hydrogen) atoms. The predicted octanol–water partition coefficient (Wildman–Crippen LogP) is 4.18. The normalized spacial score (nSPS) is 27.1. The van der Waals surface area contributed by atoms with E-state index in [0.717, 1.165) is 43.2 Å². The SMILES string of the molecule is Cc1cccc([C@@H](O)C=C[C@@H]2[C@H]3CC(CCCCC(=O)N(C)C)=C[C@H]3C[C@H]2O)c1. The molecule has 0 aromatic heterocycles. The molecule has 2 N–H and O–H groups in total. The zero-order chi connectivity index (χ0) is 21.0. The van der Waals surface area contributed by atoms with Gasteiger partial charge in [0.1, 0.15) is 0 Å². The van der Waals surface area contributed by atoms with Crippen molar-refractivity contribution in [2.24, 2.45) is 17.8 Å². The van der Waals surface area contributed by atoms with Crippen molar-refractivity contribution in [3.05, 3.63) is 59.2 Å². The number of amides is 1. The molecule has 0 bridgehead atoms. The summed E-state index contributed by atoms with van der Waals surface area (Å²) in [5, 5.41) is 21.0. The third-order valence-electron chi connectivity index (χ3n) is 6.49. The first-order valence-corrected chi connectivity index (χ1v) is 10.9. The van der Waals surface area contributed by atoms with Crippen molar-refractivity contribution in [3.8, 4) is 0 Å². The minimum atomic E-state index is -0.635. The fourth-order valence-corrected chi connectivity index (χ4v) is 4.84. The van der Waals surface area contributed by atoms with Crippen LogP contribution in [0.3, 0.4) is 0 Å². The number of nitrogens with zero attached hydrogens (tertiary/aromatic N) is 1. The van der Waals surface area contributed by atoms with E-state index in [1.165, 1.54) is 5.57 Å². The Labute approximate surface area is 174 Å². The van der Waals surface area contributed by atoms with E-state index in [2.05, 4.69) is 6.08 Å². The van der Waals surface area contributed by atoms with Gasteiger partial charge >= 0.3 is 0 Å². The number of rotatable bonds is 8. The lowest BCUT2D eigenvalue weighted by Gasteiger charge is -2.19. The van der Waals surface area contributed by atoms with Crippen LogP contribution in [0.1, 0.15) is 55.8 Å². The molecule has 1 aromatic carbocycles. The maximum absolute atomic E-state index is 11.7. The van der Waals surface area contributed by atoms with E-state index in [9.17, 15) is 15.0 Å². The second-order valence-corrected chi connectivity index (χ2v) is 8.98. The van der Waals surface area contributed by atoms with Crippen molar-refractivity contribution in [2.45, 2.75) is 57.7 Å². The first-order chi connectivity index (χ1) is 13.8. The molecule has 1 saturated carbocycles. The number of aryl methyl sites for hydroxylation is 1. The largest absolute Gasteiger partial charge is 0.392 e. The molecule has 0 unspecified atom stereocenters. The van der Waals surface area contributed by atoms with Crippen molar-refractivity contribution in [2.75, 3.05) is 14.1 Å². The van der Waals surface area contributed by atoms with E-state index >= 15 is 0 Å². The van der Waals surface area contributed by atoms with Gasteiger partial charge in [-0.25, -0.2) is 0 Å². The summed E-state index contributed by atoms with van der Waals surface area (Å²) >= 11 is 0. The zero-order valence-corrected chi connectivity index (χ0v) is 17.9. The predicted molar refractivity (Wildman–Crippen MR) is 116 cm³/mol. The minimum Gasteiger partial charge on any atom is -0.392 e. The smallest absolute Gasteiger partial charge is 0.222 e. The summed E-state index contributed by atoms with van der Waals surface area (Å²) in [6, 6.07) is 7.92. The van der Waals surface area contributed by atoms with Gasteiger partial charge in [-0.2, -0.15) is 0 Å². The number of benzene rings is 1. The van der Waals surface area contributed by atoms with E-state index in [0.29, 0.717) is 18.3 Å². The highest BCUT2D eigenvalue weighted by atomic mass is 16.3. The van der Waals surface area contributed by atoms with E-state index < -0.39 is 6.10 Å². The van der Waals surface area contributed by atoms with Crippen LogP contribution in [0, 0.1) is 24.7 Å². The highest BCUT2D eigenvalue weighted by Crippen LogP contribution is 2.48. The lowest BCUT2D eigenvalue weighted by Crippen LogP contribution is -2.21. The molecule has 3 rings (SSSR count). The van der Waals surface area contributed by atoms with Gasteiger partial charge in [0.05, 0.1) is 12.2 Å². The molecule has 2 aliphatic rings. The molecule has 1 fully saturated rings. The second kappa shape index (κ2) is 9.73. The quantitative estimate of drug-likeness (QED) is 0.511. The van der Waals surface area contributed by atoms with Gasteiger partial charge in [-0.15, -0.1) is 0 Å². The van der Waals surface area contributed by atoms with Crippen LogP contribution in [-0.4, -0.2) is 41.2 Å². The summed E-state index contributed by atoms with van der Waals surface area (Å²) in [6.07, 6.45) is 10.8. The Morgan fingerprint density at radius 1 is 1.31 bits per heavy atom. The van der Waals surface area contributed by atoms with Gasteiger partial charge in [-0.05, 0) is 56.4 Å². The Hall–Kier alpha value is -1.91. The highest BCUT2D eigenvalue weighted by molar-refractivity contribution is 5.75. The maximum Gasteiger partial charge on any atom is 0.222 e. The fraction of sp³-hybridized carbons (Fsp3) is 0.560. The molecule has 0 aliphatic heterocycles. The molecule has 0 radical (unpaired) electrons. The molecule has 0 saturated heterocycles. The molecule has 5 atom stereocenters. The van der Waals surface area contributed by atoms with Crippen LogP contribution in [0.2, 0.25) is 0 Å². The Bertz CT molecular complexity index is 767. The maximum atomic E-state index is 11.7. The number of hydrogen-bond donors (Lipinski definition) is 2. The Morgan fingerprint density at radius 2 is 2.10 bits per heavy atom. The zero-order valence-electron chi connectivity index (χ0n) is 17.9. The molecule has 158 valence electrons. The summed E-state index contributed by atoms with van der Waals surface area (Å²) < 4.78 is 0. The molecular formula is C25H35NO3. The van der Waals surface area contributed by atoms with Gasteiger partial charge in [-0.1, -0.05) is 53.6 Å². The number of aliphatic hydroxyl groups excluding tert-OH is 2. The third-order valence-corrected chi connectivity index (χ3v) is 6.49. The Balaban J connectivity index is 1.51. The van der Waals surface area contributed by atoms with Crippen LogP contribution in [-0.2, 0) is 4.79 Å². The summed E-state index contributed by atoms with van der Waals surface area (Å²) in [4.78, 5) is 13.3. The van der Waals surface area contributed by atoms with Crippen LogP contribution >= 0.6 is 0 Å². The number of allylic oxidation sites excluding steroid dienone is 2. The van der Waals surface area contributed by atoms with Gasteiger partial charge in [0.25, 0.3) is 0 Å². The van der Waals surface area contributed by atoms with Crippen molar-refractivity contribution >= 4 is 5.91 Å². The van der Waals surface area contributed by atoms with Crippen LogP contribution < -0.4 is 0 Å². The highest BCUT2D eigenvalue weighted by Gasteiger charge is 2.43. The fourth-order valence-electron chi connectivity index (χ4n) is 4.84. The molecule has 4 heteroatoms. The summed E-state index contributed by atoms with van der Waals surface area (Å²) in [6.45, 7) is 2.02.